The Bertz CT molecular complexity index is 1620. The molecule has 0 bridgehead atoms. The summed E-state index contributed by atoms with van der Waals surface area (Å²) in [7, 11) is 0. The van der Waals surface area contributed by atoms with Crippen LogP contribution in [0.25, 0.3) is 16.7 Å². The predicted molar refractivity (Wildman–Crippen MR) is 126 cm³/mol. The number of benzene rings is 1. The van der Waals surface area contributed by atoms with Crippen molar-refractivity contribution in [3.8, 4) is 0 Å². The quantitative estimate of drug-likeness (QED) is 0.394. The molecule has 0 spiro atoms. The first-order chi connectivity index (χ1) is 16.0. The molecule has 10 heteroatoms. The number of nitrogens with one attached hydrogen (secondary N) is 2. The number of nitrogens with zero attached hydrogens (tertiary/aromatic N) is 5. The third kappa shape index (κ3) is 3.92. The Morgan fingerprint density at radius 1 is 1.12 bits per heavy atom. The van der Waals surface area contributed by atoms with Gasteiger partial charge >= 0.3 is 0 Å². The summed E-state index contributed by atoms with van der Waals surface area (Å²) in [5.41, 5.74) is 1.67. The van der Waals surface area contributed by atoms with Gasteiger partial charge in [0.15, 0.2) is 0 Å². The second-order valence-electron chi connectivity index (χ2n) is 7.46. The molecule has 0 saturated heterocycles. The van der Waals surface area contributed by atoms with Crippen LogP contribution in [0.1, 0.15) is 20.9 Å². The summed E-state index contributed by atoms with van der Waals surface area (Å²) in [6.45, 7) is 2.17. The van der Waals surface area contributed by atoms with Crippen molar-refractivity contribution in [1.82, 2.24) is 24.1 Å². The van der Waals surface area contributed by atoms with E-state index in [1.165, 1.54) is 21.8 Å². The van der Waals surface area contributed by atoms with Gasteiger partial charge in [0.05, 0.1) is 10.9 Å². The first-order valence-electron chi connectivity index (χ1n) is 10.3. The van der Waals surface area contributed by atoms with Crippen LogP contribution < -0.4 is 16.4 Å². The maximum absolute atomic E-state index is 13.3. The van der Waals surface area contributed by atoms with Gasteiger partial charge in [-0.1, -0.05) is 47.7 Å². The highest BCUT2D eigenvalue weighted by Gasteiger charge is 2.18. The molecule has 2 N–H and O–H groups in total. The van der Waals surface area contributed by atoms with Crippen molar-refractivity contribution in [2.45, 2.75) is 19.9 Å². The van der Waals surface area contributed by atoms with E-state index < -0.39 is 5.91 Å². The molecule has 0 radical (unpaired) electrons. The van der Waals surface area contributed by atoms with Crippen molar-refractivity contribution in [3.05, 3.63) is 92.8 Å². The summed E-state index contributed by atoms with van der Waals surface area (Å²) in [5.74, 6) is -0.524. The molecule has 1 aromatic carbocycles. The molecule has 33 heavy (non-hydrogen) atoms. The van der Waals surface area contributed by atoms with Crippen molar-refractivity contribution < 1.29 is 4.79 Å². The maximum atomic E-state index is 13.3. The number of anilines is 1. The van der Waals surface area contributed by atoms with Gasteiger partial charge < -0.3 is 4.57 Å². The Morgan fingerprint density at radius 3 is 2.67 bits per heavy atom. The van der Waals surface area contributed by atoms with Gasteiger partial charge in [-0.05, 0) is 37.1 Å². The fraction of sp³-hybridized carbons (Fsp3) is 0.130. The third-order valence-corrected chi connectivity index (χ3v) is 6.03. The van der Waals surface area contributed by atoms with Crippen molar-refractivity contribution in [3.63, 3.8) is 0 Å². The van der Waals surface area contributed by atoms with Crippen molar-refractivity contribution >= 4 is 39.1 Å². The molecule has 0 aliphatic heterocycles. The SMILES string of the molecule is Cc1nnc(NC(=O)c2cc3c(=O)n4ccccc4nc3n(CCc3ccccc3)c2=N)s1. The first-order valence-corrected chi connectivity index (χ1v) is 11.1. The van der Waals surface area contributed by atoms with Crippen LogP contribution in [0.2, 0.25) is 0 Å². The van der Waals surface area contributed by atoms with Gasteiger partial charge in [-0.3, -0.25) is 24.7 Å². The van der Waals surface area contributed by atoms with Gasteiger partial charge in [-0.2, -0.15) is 0 Å². The molecule has 0 unspecified atom stereocenters. The highest BCUT2D eigenvalue weighted by atomic mass is 32.1. The van der Waals surface area contributed by atoms with Gasteiger partial charge in [0.1, 0.15) is 21.8 Å². The molecule has 164 valence electrons. The zero-order valence-corrected chi connectivity index (χ0v) is 18.5. The minimum absolute atomic E-state index is 0.0238. The number of carbonyl (C=O) groups excluding carboxylic acids is 1. The molecule has 0 aliphatic carbocycles. The van der Waals surface area contributed by atoms with Gasteiger partial charge in [-0.25, -0.2) is 4.98 Å². The molecule has 0 saturated carbocycles. The summed E-state index contributed by atoms with van der Waals surface area (Å²) >= 11 is 1.24. The largest absolute Gasteiger partial charge is 0.310 e. The topological polar surface area (TPSA) is 118 Å². The van der Waals surface area contributed by atoms with Crippen molar-refractivity contribution in [2.75, 3.05) is 5.32 Å². The summed E-state index contributed by atoms with van der Waals surface area (Å²) in [6.07, 6.45) is 2.25. The molecule has 1 amide bonds. The lowest BCUT2D eigenvalue weighted by atomic mass is 10.1. The number of aryl methyl sites for hydroxylation is 3. The minimum atomic E-state index is -0.524. The Labute approximate surface area is 191 Å². The molecule has 9 nitrogen and oxygen atoms in total. The normalized spacial score (nSPS) is 11.2. The van der Waals surface area contributed by atoms with Crippen LogP contribution in [0.3, 0.4) is 0 Å². The predicted octanol–water partition coefficient (Wildman–Crippen LogP) is 2.78. The molecule has 5 aromatic rings. The number of aromatic nitrogens is 5. The highest BCUT2D eigenvalue weighted by Crippen LogP contribution is 2.16. The van der Waals surface area contributed by atoms with Crippen LogP contribution in [0.5, 0.6) is 0 Å². The summed E-state index contributed by atoms with van der Waals surface area (Å²) < 4.78 is 3.06. The number of pyridine rings is 2. The van der Waals surface area contributed by atoms with E-state index in [0.29, 0.717) is 34.4 Å². The number of rotatable bonds is 5. The Balaban J connectivity index is 1.68. The summed E-state index contributed by atoms with van der Waals surface area (Å²) in [4.78, 5) is 31.0. The van der Waals surface area contributed by atoms with Crippen LogP contribution in [0, 0.1) is 12.3 Å². The fourth-order valence-electron chi connectivity index (χ4n) is 3.67. The monoisotopic (exact) mass is 457 g/mol. The molecule has 0 fully saturated rings. The molecular weight excluding hydrogens is 438 g/mol. The van der Waals surface area contributed by atoms with E-state index in [4.69, 9.17) is 5.41 Å². The summed E-state index contributed by atoms with van der Waals surface area (Å²) in [6, 6.07) is 16.6. The average Bonchev–Trinajstić information content (AvgIpc) is 3.23. The van der Waals surface area contributed by atoms with Crippen molar-refractivity contribution in [2.24, 2.45) is 0 Å². The number of amides is 1. The maximum Gasteiger partial charge on any atom is 0.267 e. The zero-order chi connectivity index (χ0) is 22.9. The van der Waals surface area contributed by atoms with E-state index in [2.05, 4.69) is 20.5 Å². The number of carbonyl (C=O) groups is 1. The second-order valence-corrected chi connectivity index (χ2v) is 8.64. The van der Waals surface area contributed by atoms with E-state index in [9.17, 15) is 9.59 Å². The van der Waals surface area contributed by atoms with E-state index >= 15 is 0 Å². The van der Waals surface area contributed by atoms with Crippen LogP contribution in [-0.2, 0) is 13.0 Å². The molecule has 5 rings (SSSR count). The zero-order valence-electron chi connectivity index (χ0n) is 17.6. The fourth-order valence-corrected chi connectivity index (χ4v) is 4.26. The number of hydrogen-bond donors (Lipinski definition) is 2. The highest BCUT2D eigenvalue weighted by molar-refractivity contribution is 7.15. The molecule has 4 aromatic heterocycles. The van der Waals surface area contributed by atoms with Crippen LogP contribution in [0.4, 0.5) is 5.13 Å². The Kier molecular flexibility index (Phi) is 5.27. The lowest BCUT2D eigenvalue weighted by Gasteiger charge is -2.14. The van der Waals surface area contributed by atoms with Gasteiger partial charge in [0.25, 0.3) is 11.5 Å². The lowest BCUT2D eigenvalue weighted by Crippen LogP contribution is -2.32. The smallest absolute Gasteiger partial charge is 0.267 e. The van der Waals surface area contributed by atoms with Gasteiger partial charge in [-0.15, -0.1) is 10.2 Å². The average molecular weight is 458 g/mol. The second kappa shape index (κ2) is 8.40. The minimum Gasteiger partial charge on any atom is -0.310 e. The molecular formula is C23H19N7O2S. The van der Waals surface area contributed by atoms with Crippen LogP contribution >= 0.6 is 11.3 Å². The Morgan fingerprint density at radius 2 is 1.91 bits per heavy atom. The summed E-state index contributed by atoms with van der Waals surface area (Å²) in [5, 5.41) is 20.6. The van der Waals surface area contributed by atoms with Crippen LogP contribution in [-0.4, -0.2) is 30.1 Å². The Hall–Kier alpha value is -4.18. The van der Waals surface area contributed by atoms with Gasteiger partial charge in [0.2, 0.25) is 5.13 Å². The van der Waals surface area contributed by atoms with Crippen molar-refractivity contribution in [1.29, 1.82) is 5.41 Å². The third-order valence-electron chi connectivity index (χ3n) is 5.28. The van der Waals surface area contributed by atoms with E-state index in [1.54, 1.807) is 35.9 Å². The van der Waals surface area contributed by atoms with Gasteiger partial charge in [0, 0.05) is 12.7 Å². The molecule has 4 heterocycles. The standard InChI is InChI=1S/C23H19N7O2S/c1-14-27-28-23(33-14)26-21(31)16-13-17-20(25-18-9-5-6-11-29(18)22(17)32)30(19(16)24)12-10-15-7-3-2-4-8-15/h2-9,11,13,24H,10,12H2,1H3,(H,26,28,31). The molecule has 0 atom stereocenters. The van der Waals surface area contributed by atoms with Crippen LogP contribution in [0.15, 0.2) is 65.6 Å². The molecule has 0 aliphatic rings. The lowest BCUT2D eigenvalue weighted by molar-refractivity contribution is 0.102. The first kappa shape index (κ1) is 20.7. The van der Waals surface area contributed by atoms with E-state index in [1.807, 2.05) is 30.3 Å². The number of fused-ring (bicyclic) bond motifs is 2. The number of hydrogen-bond acceptors (Lipinski definition) is 7. The van der Waals surface area contributed by atoms with E-state index in [0.717, 1.165) is 5.56 Å². The van der Waals surface area contributed by atoms with E-state index in [-0.39, 0.29) is 22.0 Å².